The largest absolute Gasteiger partial charge is 0.493 e. The number of aromatic amines is 1. The van der Waals surface area contributed by atoms with E-state index in [9.17, 15) is 4.79 Å². The van der Waals surface area contributed by atoms with Gasteiger partial charge < -0.3 is 18.9 Å². The van der Waals surface area contributed by atoms with E-state index in [0.29, 0.717) is 42.2 Å². The van der Waals surface area contributed by atoms with Gasteiger partial charge in [-0.3, -0.25) is 9.69 Å². The lowest BCUT2D eigenvalue weighted by Gasteiger charge is -2.29. The second kappa shape index (κ2) is 11.0. The van der Waals surface area contributed by atoms with Gasteiger partial charge in [-0.2, -0.15) is 0 Å². The summed E-state index contributed by atoms with van der Waals surface area (Å²) in [6, 6.07) is 13.3. The van der Waals surface area contributed by atoms with Crippen LogP contribution in [-0.2, 0) is 19.6 Å². The monoisotopic (exact) mass is 520 g/mol. The summed E-state index contributed by atoms with van der Waals surface area (Å²) < 4.78 is 18.1. The Balaban J connectivity index is 1.52. The van der Waals surface area contributed by atoms with E-state index in [1.807, 2.05) is 30.3 Å². The van der Waals surface area contributed by atoms with Crippen molar-refractivity contribution >= 4 is 22.2 Å². The molecule has 1 atom stereocenters. The predicted octanol–water partition coefficient (Wildman–Crippen LogP) is 4.39. The van der Waals surface area contributed by atoms with Gasteiger partial charge in [-0.1, -0.05) is 13.0 Å². The van der Waals surface area contributed by atoms with Crippen LogP contribution in [0.4, 0.5) is 0 Å². The molecule has 0 amide bonds. The van der Waals surface area contributed by atoms with Crippen molar-refractivity contribution in [2.75, 3.05) is 14.2 Å². The number of rotatable bonds is 11. The number of nitrogens with zero attached hydrogens (tertiary/aromatic N) is 5. The average molecular weight is 521 g/mol. The van der Waals surface area contributed by atoms with Gasteiger partial charge in [0.15, 0.2) is 17.3 Å². The van der Waals surface area contributed by atoms with E-state index in [-0.39, 0.29) is 11.6 Å². The lowest BCUT2D eigenvalue weighted by molar-refractivity contribution is 0.162. The van der Waals surface area contributed by atoms with Crippen LogP contribution in [0, 0.1) is 0 Å². The molecule has 192 valence electrons. The van der Waals surface area contributed by atoms with E-state index in [4.69, 9.17) is 13.9 Å². The van der Waals surface area contributed by atoms with Crippen molar-refractivity contribution in [2.24, 2.45) is 0 Å². The topological polar surface area (TPSA) is 111 Å². The molecule has 0 fully saturated rings. The van der Waals surface area contributed by atoms with Crippen LogP contribution < -0.4 is 15.0 Å². The number of fused-ring (bicyclic) bond motifs is 1. The van der Waals surface area contributed by atoms with Crippen molar-refractivity contribution in [1.29, 1.82) is 0 Å². The zero-order valence-corrected chi connectivity index (χ0v) is 21.7. The average Bonchev–Trinajstić information content (AvgIpc) is 3.69. The maximum absolute atomic E-state index is 13.2. The quantitative estimate of drug-likeness (QED) is 0.273. The van der Waals surface area contributed by atoms with Crippen LogP contribution in [0.2, 0.25) is 0 Å². The first-order valence-electron chi connectivity index (χ1n) is 11.9. The number of nitrogens with one attached hydrogen (secondary N) is 1. The summed E-state index contributed by atoms with van der Waals surface area (Å²) in [6.07, 6.45) is 2.39. The zero-order chi connectivity index (χ0) is 25.8. The molecule has 10 nitrogen and oxygen atoms in total. The minimum atomic E-state index is -0.152. The highest BCUT2D eigenvalue weighted by molar-refractivity contribution is 7.09. The molecular formula is C26H28N6O4S. The molecule has 0 radical (unpaired) electrons. The Morgan fingerprint density at radius 1 is 1.14 bits per heavy atom. The van der Waals surface area contributed by atoms with Gasteiger partial charge in [-0.25, -0.2) is 4.68 Å². The molecule has 37 heavy (non-hydrogen) atoms. The summed E-state index contributed by atoms with van der Waals surface area (Å²) in [4.78, 5) is 19.6. The van der Waals surface area contributed by atoms with E-state index in [0.717, 1.165) is 23.4 Å². The molecule has 11 heteroatoms. The highest BCUT2D eigenvalue weighted by Crippen LogP contribution is 2.32. The highest BCUT2D eigenvalue weighted by atomic mass is 32.1. The third-order valence-electron chi connectivity index (χ3n) is 6.31. The molecular weight excluding hydrogens is 492 g/mol. The fourth-order valence-electron chi connectivity index (χ4n) is 4.51. The maximum atomic E-state index is 13.2. The molecule has 5 rings (SSSR count). The second-order valence-corrected chi connectivity index (χ2v) is 9.63. The van der Waals surface area contributed by atoms with Gasteiger partial charge >= 0.3 is 0 Å². The van der Waals surface area contributed by atoms with Crippen molar-refractivity contribution in [1.82, 2.24) is 30.1 Å². The van der Waals surface area contributed by atoms with Crippen molar-refractivity contribution in [3.05, 3.63) is 86.5 Å². The third-order valence-corrected chi connectivity index (χ3v) is 7.17. The summed E-state index contributed by atoms with van der Waals surface area (Å²) in [7, 11) is 3.17. The first kappa shape index (κ1) is 24.7. The molecule has 1 aromatic carbocycles. The first-order chi connectivity index (χ1) is 18.1. The Morgan fingerprint density at radius 3 is 2.68 bits per heavy atom. The van der Waals surface area contributed by atoms with Crippen LogP contribution in [0.25, 0.3) is 10.9 Å². The summed E-state index contributed by atoms with van der Waals surface area (Å²) >= 11 is 1.68. The zero-order valence-electron chi connectivity index (χ0n) is 20.9. The Morgan fingerprint density at radius 2 is 1.97 bits per heavy atom. The van der Waals surface area contributed by atoms with E-state index in [2.05, 4.69) is 43.8 Å². The number of H-pyrrole nitrogens is 1. The summed E-state index contributed by atoms with van der Waals surface area (Å²) in [6.45, 7) is 3.58. The molecule has 0 unspecified atom stereocenters. The van der Waals surface area contributed by atoms with Gasteiger partial charge in [0.25, 0.3) is 5.56 Å². The van der Waals surface area contributed by atoms with Crippen LogP contribution in [0.15, 0.2) is 63.3 Å². The number of aromatic nitrogens is 5. The number of tetrazole rings is 1. The molecule has 0 spiro atoms. The maximum Gasteiger partial charge on any atom is 0.252 e. The van der Waals surface area contributed by atoms with Crippen molar-refractivity contribution in [3.63, 3.8) is 0 Å². The van der Waals surface area contributed by atoms with E-state index < -0.39 is 0 Å². The molecule has 0 aliphatic heterocycles. The second-order valence-electron chi connectivity index (χ2n) is 8.60. The molecule has 0 aliphatic rings. The minimum Gasteiger partial charge on any atom is -0.493 e. The smallest absolute Gasteiger partial charge is 0.252 e. The van der Waals surface area contributed by atoms with E-state index in [1.54, 1.807) is 42.6 Å². The third kappa shape index (κ3) is 5.27. The van der Waals surface area contributed by atoms with Gasteiger partial charge in [-0.05, 0) is 52.6 Å². The number of thiophene rings is 1. The fourth-order valence-corrected chi connectivity index (χ4v) is 5.24. The molecule has 1 N–H and O–H groups in total. The van der Waals surface area contributed by atoms with Gasteiger partial charge in [0.05, 0.1) is 32.0 Å². The summed E-state index contributed by atoms with van der Waals surface area (Å²) in [5, 5.41) is 15.5. The molecule has 0 saturated carbocycles. The number of furan rings is 1. The number of methoxy groups -OCH3 is 2. The van der Waals surface area contributed by atoms with Crippen LogP contribution in [0.1, 0.15) is 41.4 Å². The number of hydrogen-bond acceptors (Lipinski definition) is 9. The van der Waals surface area contributed by atoms with Gasteiger partial charge in [-0.15, -0.1) is 16.4 Å². The summed E-state index contributed by atoms with van der Waals surface area (Å²) in [5.41, 5.74) is 1.17. The van der Waals surface area contributed by atoms with Gasteiger partial charge in [0.1, 0.15) is 12.3 Å². The van der Waals surface area contributed by atoms with Crippen LogP contribution in [0.3, 0.4) is 0 Å². The van der Waals surface area contributed by atoms with Gasteiger partial charge in [0.2, 0.25) is 0 Å². The SMILES string of the molecule is CC[C@@H](c1nnnn1Cc1ccco1)N(Cc1cccs1)Cc1cc2cc(OC)c(OC)cc2[nH]c1=O. The Hall–Kier alpha value is -3.96. The predicted molar refractivity (Wildman–Crippen MR) is 140 cm³/mol. The molecule has 0 bridgehead atoms. The first-order valence-corrected chi connectivity index (χ1v) is 12.8. The van der Waals surface area contributed by atoms with E-state index in [1.165, 1.54) is 4.88 Å². The molecule has 0 saturated heterocycles. The molecule has 4 heterocycles. The van der Waals surface area contributed by atoms with Crippen LogP contribution in [-0.4, -0.2) is 44.3 Å². The normalized spacial score (nSPS) is 12.3. The number of hydrogen-bond donors (Lipinski definition) is 1. The van der Waals surface area contributed by atoms with Gasteiger partial charge in [0, 0.05) is 35.0 Å². The lowest BCUT2D eigenvalue weighted by Crippen LogP contribution is -2.32. The van der Waals surface area contributed by atoms with Crippen molar-refractivity contribution in [2.45, 2.75) is 39.0 Å². The Labute approximate surface area is 217 Å². The standard InChI is InChI=1S/C26H28N6O4S/c1-4-22(25-28-29-30-32(25)15-19-7-5-9-36-19)31(16-20-8-6-10-37-20)14-18-11-17-12-23(34-2)24(35-3)13-21(17)27-26(18)33/h5-13,22H,4,14-16H2,1-3H3,(H,27,33)/t22-/m0/s1. The number of ether oxygens (including phenoxy) is 2. The molecule has 4 aromatic heterocycles. The highest BCUT2D eigenvalue weighted by Gasteiger charge is 2.27. The van der Waals surface area contributed by atoms with Crippen molar-refractivity contribution in [3.8, 4) is 11.5 Å². The van der Waals surface area contributed by atoms with Crippen LogP contribution in [0.5, 0.6) is 11.5 Å². The molecule has 5 aromatic rings. The minimum absolute atomic E-state index is 0.132. The Kier molecular flexibility index (Phi) is 7.33. The molecule has 0 aliphatic carbocycles. The summed E-state index contributed by atoms with van der Waals surface area (Å²) in [5.74, 6) is 2.65. The van der Waals surface area contributed by atoms with Crippen LogP contribution >= 0.6 is 11.3 Å². The number of benzene rings is 1. The fraction of sp³-hybridized carbons (Fsp3) is 0.308. The van der Waals surface area contributed by atoms with E-state index >= 15 is 0 Å². The number of pyridine rings is 1. The van der Waals surface area contributed by atoms with Crippen molar-refractivity contribution < 1.29 is 13.9 Å². The Bertz CT molecular complexity index is 1510. The lowest BCUT2D eigenvalue weighted by atomic mass is 10.1.